The van der Waals surface area contributed by atoms with E-state index >= 15 is 0 Å². The lowest BCUT2D eigenvalue weighted by atomic mass is 10.1. The number of nitrogens with one attached hydrogen (secondary N) is 2. The van der Waals surface area contributed by atoms with Crippen LogP contribution < -0.4 is 5.32 Å². The molecule has 0 aliphatic heterocycles. The van der Waals surface area contributed by atoms with E-state index in [4.69, 9.17) is 0 Å². The Hall–Kier alpha value is -3.02. The number of aryl methyl sites for hydroxylation is 1. The van der Waals surface area contributed by atoms with Gasteiger partial charge in [0.25, 0.3) is 5.91 Å². The molecule has 6 nitrogen and oxygen atoms in total. The van der Waals surface area contributed by atoms with Crippen LogP contribution >= 0.6 is 0 Å². The maximum Gasteiger partial charge on any atom is 0.255 e. The van der Waals surface area contributed by atoms with Crippen LogP contribution in [0.4, 0.5) is 5.69 Å². The smallest absolute Gasteiger partial charge is 0.255 e. The van der Waals surface area contributed by atoms with Crippen molar-refractivity contribution in [3.63, 3.8) is 0 Å². The molecule has 0 aliphatic carbocycles. The number of anilines is 1. The average Bonchev–Trinajstić information content (AvgIpc) is 3.09. The third-order valence-electron chi connectivity index (χ3n) is 3.34. The number of tetrazole rings is 1. The van der Waals surface area contributed by atoms with E-state index in [0.717, 1.165) is 17.7 Å². The second kappa shape index (κ2) is 6.17. The highest BCUT2D eigenvalue weighted by Gasteiger charge is 2.08. The summed E-state index contributed by atoms with van der Waals surface area (Å²) in [4.78, 5) is 12.3. The van der Waals surface area contributed by atoms with Crippen LogP contribution in [0.25, 0.3) is 11.4 Å². The summed E-state index contributed by atoms with van der Waals surface area (Å²) >= 11 is 0. The molecule has 1 aromatic heterocycles. The molecular weight excluding hydrogens is 278 g/mol. The van der Waals surface area contributed by atoms with Gasteiger partial charge < -0.3 is 5.32 Å². The van der Waals surface area contributed by atoms with Gasteiger partial charge in [-0.15, -0.1) is 10.2 Å². The molecule has 2 aromatic carbocycles. The predicted octanol–water partition coefficient (Wildman–Crippen LogP) is 2.68. The number of H-pyrrole nitrogens is 1. The second-order valence-electron chi connectivity index (χ2n) is 4.82. The molecule has 110 valence electrons. The Bertz CT molecular complexity index is 765. The van der Waals surface area contributed by atoms with Gasteiger partial charge in [0, 0.05) is 16.8 Å². The van der Waals surface area contributed by atoms with Gasteiger partial charge >= 0.3 is 0 Å². The monoisotopic (exact) mass is 293 g/mol. The van der Waals surface area contributed by atoms with Crippen molar-refractivity contribution >= 4 is 11.6 Å². The van der Waals surface area contributed by atoms with Gasteiger partial charge in [0.1, 0.15) is 0 Å². The molecule has 0 bridgehead atoms. The van der Waals surface area contributed by atoms with Crippen LogP contribution in [0.2, 0.25) is 0 Å². The molecule has 2 N–H and O–H groups in total. The molecule has 0 saturated carbocycles. The minimum absolute atomic E-state index is 0.145. The van der Waals surface area contributed by atoms with E-state index in [1.807, 2.05) is 24.3 Å². The van der Waals surface area contributed by atoms with E-state index in [1.54, 1.807) is 24.3 Å². The number of benzene rings is 2. The predicted molar refractivity (Wildman–Crippen MR) is 83.4 cm³/mol. The first-order valence-corrected chi connectivity index (χ1v) is 7.00. The van der Waals surface area contributed by atoms with Crippen molar-refractivity contribution in [2.24, 2.45) is 0 Å². The van der Waals surface area contributed by atoms with E-state index < -0.39 is 0 Å². The maximum absolute atomic E-state index is 12.3. The van der Waals surface area contributed by atoms with E-state index in [0.29, 0.717) is 11.4 Å². The van der Waals surface area contributed by atoms with Gasteiger partial charge in [-0.25, -0.2) is 0 Å². The molecule has 3 aromatic rings. The summed E-state index contributed by atoms with van der Waals surface area (Å²) in [5.41, 5.74) is 3.37. The van der Waals surface area contributed by atoms with Crippen molar-refractivity contribution in [1.82, 2.24) is 20.6 Å². The fourth-order valence-electron chi connectivity index (χ4n) is 2.13. The van der Waals surface area contributed by atoms with Crippen molar-refractivity contribution < 1.29 is 4.79 Å². The lowest BCUT2D eigenvalue weighted by Crippen LogP contribution is -2.11. The van der Waals surface area contributed by atoms with Crippen LogP contribution in [-0.4, -0.2) is 26.5 Å². The van der Waals surface area contributed by atoms with Crippen LogP contribution in [0, 0.1) is 0 Å². The first-order chi connectivity index (χ1) is 10.8. The molecule has 1 amide bonds. The zero-order valence-corrected chi connectivity index (χ0v) is 12.1. The lowest BCUT2D eigenvalue weighted by molar-refractivity contribution is 0.102. The number of carbonyl (C=O) groups is 1. The molecule has 0 saturated heterocycles. The van der Waals surface area contributed by atoms with Crippen molar-refractivity contribution in [1.29, 1.82) is 0 Å². The van der Waals surface area contributed by atoms with Gasteiger partial charge in [-0.1, -0.05) is 31.2 Å². The summed E-state index contributed by atoms with van der Waals surface area (Å²) in [6.45, 7) is 2.08. The maximum atomic E-state index is 12.3. The third kappa shape index (κ3) is 3.01. The molecule has 0 spiro atoms. The van der Waals surface area contributed by atoms with Crippen molar-refractivity contribution in [2.75, 3.05) is 5.32 Å². The summed E-state index contributed by atoms with van der Waals surface area (Å²) in [5, 5.41) is 16.6. The van der Waals surface area contributed by atoms with Crippen LogP contribution in [0.1, 0.15) is 22.8 Å². The summed E-state index contributed by atoms with van der Waals surface area (Å²) < 4.78 is 0. The fraction of sp³-hybridized carbons (Fsp3) is 0.125. The zero-order chi connectivity index (χ0) is 15.4. The highest BCUT2D eigenvalue weighted by Crippen LogP contribution is 2.16. The molecule has 6 heteroatoms. The van der Waals surface area contributed by atoms with E-state index in [2.05, 4.69) is 32.9 Å². The minimum Gasteiger partial charge on any atom is -0.322 e. The first kappa shape index (κ1) is 13.9. The Balaban J connectivity index is 1.74. The summed E-state index contributed by atoms with van der Waals surface area (Å²) in [5.74, 6) is 0.357. The number of rotatable bonds is 4. The van der Waals surface area contributed by atoms with E-state index in [1.165, 1.54) is 5.56 Å². The molecular formula is C16H15N5O. The van der Waals surface area contributed by atoms with Gasteiger partial charge in [0.15, 0.2) is 0 Å². The molecule has 0 radical (unpaired) electrons. The molecule has 3 rings (SSSR count). The summed E-state index contributed by atoms with van der Waals surface area (Å²) in [6.07, 6.45) is 0.934. The van der Waals surface area contributed by atoms with Crippen LogP contribution in [0.15, 0.2) is 48.5 Å². The van der Waals surface area contributed by atoms with E-state index in [9.17, 15) is 4.79 Å². The highest BCUT2D eigenvalue weighted by atomic mass is 16.1. The number of amides is 1. The Labute approximate surface area is 127 Å². The second-order valence-corrected chi connectivity index (χ2v) is 4.82. The standard InChI is InChI=1S/C16H15N5O/c1-2-11-4-3-5-14(10-11)17-16(22)13-8-6-12(7-9-13)15-18-20-21-19-15/h3-10H,2H2,1H3,(H,17,22)(H,18,19,20,21). The Morgan fingerprint density at radius 2 is 2.00 bits per heavy atom. The Morgan fingerprint density at radius 1 is 1.18 bits per heavy atom. The lowest BCUT2D eigenvalue weighted by Gasteiger charge is -2.07. The van der Waals surface area contributed by atoms with Gasteiger partial charge in [0.05, 0.1) is 0 Å². The van der Waals surface area contributed by atoms with Gasteiger partial charge in [-0.2, -0.15) is 5.21 Å². The summed E-state index contributed by atoms with van der Waals surface area (Å²) in [7, 11) is 0. The third-order valence-corrected chi connectivity index (χ3v) is 3.34. The molecule has 0 atom stereocenters. The number of hydrogen-bond donors (Lipinski definition) is 2. The molecule has 1 heterocycles. The Morgan fingerprint density at radius 3 is 2.68 bits per heavy atom. The SMILES string of the molecule is CCc1cccc(NC(=O)c2ccc(-c3nn[nH]n3)cc2)c1. The van der Waals surface area contributed by atoms with Crippen molar-refractivity contribution in [3.05, 3.63) is 59.7 Å². The highest BCUT2D eigenvalue weighted by molar-refractivity contribution is 6.04. The quantitative estimate of drug-likeness (QED) is 0.774. The number of carbonyl (C=O) groups excluding carboxylic acids is 1. The Kier molecular flexibility index (Phi) is 3.91. The molecule has 0 aliphatic rings. The van der Waals surface area contributed by atoms with Gasteiger partial charge in [0.2, 0.25) is 5.82 Å². The van der Waals surface area contributed by atoms with Gasteiger partial charge in [-0.3, -0.25) is 4.79 Å². The fourth-order valence-corrected chi connectivity index (χ4v) is 2.13. The van der Waals surface area contributed by atoms with Crippen LogP contribution in [-0.2, 0) is 6.42 Å². The number of nitrogens with zero attached hydrogens (tertiary/aromatic N) is 3. The van der Waals surface area contributed by atoms with Gasteiger partial charge in [-0.05, 0) is 41.5 Å². The minimum atomic E-state index is -0.145. The van der Waals surface area contributed by atoms with Crippen molar-refractivity contribution in [3.8, 4) is 11.4 Å². The number of hydrogen-bond acceptors (Lipinski definition) is 4. The van der Waals surface area contributed by atoms with Crippen molar-refractivity contribution in [2.45, 2.75) is 13.3 Å². The number of aromatic amines is 1. The first-order valence-electron chi connectivity index (χ1n) is 7.00. The van der Waals surface area contributed by atoms with E-state index in [-0.39, 0.29) is 5.91 Å². The molecule has 0 fully saturated rings. The summed E-state index contributed by atoms with van der Waals surface area (Å²) in [6, 6.07) is 14.9. The van der Waals surface area contributed by atoms with Crippen LogP contribution in [0.3, 0.4) is 0 Å². The molecule has 0 unspecified atom stereocenters. The molecule has 22 heavy (non-hydrogen) atoms. The average molecular weight is 293 g/mol. The topological polar surface area (TPSA) is 83.6 Å². The largest absolute Gasteiger partial charge is 0.322 e. The normalized spacial score (nSPS) is 10.4. The zero-order valence-electron chi connectivity index (χ0n) is 12.1. The number of aromatic nitrogens is 4. The van der Waals surface area contributed by atoms with Crippen LogP contribution in [0.5, 0.6) is 0 Å².